The average Bonchev–Trinajstić information content (AvgIpc) is 3.71. The van der Waals surface area contributed by atoms with Gasteiger partial charge in [-0.15, -0.1) is 0 Å². The van der Waals surface area contributed by atoms with Crippen molar-refractivity contribution in [1.82, 2.24) is 25.3 Å². The molecule has 2 aliphatic heterocycles. The van der Waals surface area contributed by atoms with Gasteiger partial charge in [0.2, 0.25) is 11.8 Å². The highest BCUT2D eigenvalue weighted by molar-refractivity contribution is 7.22. The zero-order valence-corrected chi connectivity index (χ0v) is 25.2. The van der Waals surface area contributed by atoms with Crippen molar-refractivity contribution in [1.29, 1.82) is 0 Å². The fourth-order valence-corrected chi connectivity index (χ4v) is 6.14. The third-order valence-electron chi connectivity index (χ3n) is 7.42. The lowest BCUT2D eigenvalue weighted by atomic mass is 9.98. The number of anilines is 2. The number of aryl methyl sites for hydroxylation is 1. The summed E-state index contributed by atoms with van der Waals surface area (Å²) in [5, 5.41) is 7.01. The van der Waals surface area contributed by atoms with Crippen molar-refractivity contribution >= 4 is 38.4 Å². The van der Waals surface area contributed by atoms with Gasteiger partial charge in [0.1, 0.15) is 18.1 Å². The number of oxazole rings is 1. The first kappa shape index (κ1) is 29.4. The molecule has 3 fully saturated rings. The Labute approximate surface area is 254 Å². The van der Waals surface area contributed by atoms with Crippen LogP contribution in [0.5, 0.6) is 5.88 Å². The number of aromatic nitrogens is 4. The van der Waals surface area contributed by atoms with E-state index in [1.54, 1.807) is 23.6 Å². The van der Waals surface area contributed by atoms with Gasteiger partial charge in [0.15, 0.2) is 16.5 Å². The molecule has 0 atom stereocenters. The molecule has 2 saturated heterocycles. The summed E-state index contributed by atoms with van der Waals surface area (Å²) in [6.07, 6.45) is 8.53. The van der Waals surface area contributed by atoms with Crippen LogP contribution in [0, 0.1) is 6.92 Å². The molecule has 12 nitrogen and oxygen atoms in total. The number of morpholine rings is 2. The van der Waals surface area contributed by atoms with Crippen molar-refractivity contribution in [2.24, 2.45) is 0 Å². The minimum absolute atomic E-state index is 0.0697. The zero-order chi connectivity index (χ0) is 29.4. The van der Waals surface area contributed by atoms with Crippen LogP contribution in [-0.2, 0) is 9.47 Å². The molecule has 0 unspecified atom stereocenters. The van der Waals surface area contributed by atoms with Crippen molar-refractivity contribution in [2.75, 3.05) is 62.8 Å². The number of ether oxygens (including phenoxy) is 3. The lowest BCUT2D eigenvalue weighted by Crippen LogP contribution is -2.36. The molecule has 0 spiro atoms. The second-order valence-electron chi connectivity index (χ2n) is 10.7. The number of nitrogens with zero attached hydrogens (tertiary/aromatic N) is 5. The summed E-state index contributed by atoms with van der Waals surface area (Å²) in [5.74, 6) is 0.355. The minimum atomic E-state index is -0.395. The van der Waals surface area contributed by atoms with Gasteiger partial charge in [0.25, 0.3) is 5.91 Å². The number of amides is 1. The Morgan fingerprint density at radius 3 is 2.56 bits per heavy atom. The number of fused-ring (bicyclic) bond motifs is 1. The molecule has 2 N–H and O–H groups in total. The standard InChI is InChI=1S/C26H28N6O4S.C4H9NO/c1-16-13-17(7-8-27-16)24-29-20(15-35-24)23(33)28-19-14-21-22(30-25(19)36-18-5-3-2-4-6-18)31-26(37-21)32-9-11-34-12-10-32;1-3-6-4-2-5-1/h7-8,13-15,18H,2-6,9-12H2,1H3,(H,28,33);5H,1-4H2. The lowest BCUT2D eigenvalue weighted by Gasteiger charge is -2.25. The average molecular weight is 608 g/mol. The first-order valence-electron chi connectivity index (χ1n) is 14.9. The van der Waals surface area contributed by atoms with Gasteiger partial charge in [-0.05, 0) is 50.8 Å². The minimum Gasteiger partial charge on any atom is -0.473 e. The second-order valence-corrected chi connectivity index (χ2v) is 11.7. The van der Waals surface area contributed by atoms with Crippen molar-refractivity contribution in [3.05, 3.63) is 42.0 Å². The van der Waals surface area contributed by atoms with Gasteiger partial charge >= 0.3 is 0 Å². The number of pyridine rings is 2. The molecule has 6 heterocycles. The lowest BCUT2D eigenvalue weighted by molar-refractivity contribution is 0.102. The third kappa shape index (κ3) is 7.66. The van der Waals surface area contributed by atoms with E-state index in [1.807, 2.05) is 19.1 Å². The van der Waals surface area contributed by atoms with E-state index in [4.69, 9.17) is 28.6 Å². The van der Waals surface area contributed by atoms with E-state index >= 15 is 0 Å². The Balaban J connectivity index is 0.000000491. The molecule has 43 heavy (non-hydrogen) atoms. The maximum Gasteiger partial charge on any atom is 0.277 e. The molecule has 228 valence electrons. The summed E-state index contributed by atoms with van der Waals surface area (Å²) >= 11 is 1.55. The Hall–Kier alpha value is -3.65. The molecule has 0 radical (unpaired) electrons. The van der Waals surface area contributed by atoms with Crippen LogP contribution in [0.4, 0.5) is 10.8 Å². The molecule has 1 amide bonds. The fourth-order valence-electron chi connectivity index (χ4n) is 5.14. The first-order chi connectivity index (χ1) is 21.1. The van der Waals surface area contributed by atoms with Gasteiger partial charge in [-0.25, -0.2) is 4.98 Å². The number of nitrogens with one attached hydrogen (secondary N) is 2. The monoisotopic (exact) mass is 607 g/mol. The van der Waals surface area contributed by atoms with E-state index in [0.29, 0.717) is 36.3 Å². The summed E-state index contributed by atoms with van der Waals surface area (Å²) < 4.78 is 23.3. The third-order valence-corrected chi connectivity index (χ3v) is 8.48. The van der Waals surface area contributed by atoms with Crippen LogP contribution in [0.3, 0.4) is 0 Å². The van der Waals surface area contributed by atoms with E-state index < -0.39 is 5.91 Å². The highest BCUT2D eigenvalue weighted by Crippen LogP contribution is 2.36. The SMILES string of the molecule is C1COCCN1.Cc1cc(-c2nc(C(=O)Nc3cc4sc(N5CCOCC5)nc4nc3OC3CCCCC3)co2)ccn1. The molecule has 13 heteroatoms. The van der Waals surface area contributed by atoms with Crippen molar-refractivity contribution in [3.63, 3.8) is 0 Å². The number of carbonyl (C=O) groups is 1. The van der Waals surface area contributed by atoms with Crippen molar-refractivity contribution in [2.45, 2.75) is 45.1 Å². The first-order valence-corrected chi connectivity index (χ1v) is 15.7. The largest absolute Gasteiger partial charge is 0.473 e. The number of thiazole rings is 1. The van der Waals surface area contributed by atoms with Gasteiger partial charge in [-0.2, -0.15) is 9.97 Å². The van der Waals surface area contributed by atoms with E-state index in [-0.39, 0.29) is 11.8 Å². The van der Waals surface area contributed by atoms with Crippen LogP contribution in [0.2, 0.25) is 0 Å². The van der Waals surface area contributed by atoms with E-state index in [0.717, 1.165) is 86.2 Å². The smallest absolute Gasteiger partial charge is 0.277 e. The molecule has 0 bridgehead atoms. The normalized spacial score (nSPS) is 17.7. The molecule has 4 aromatic rings. The Morgan fingerprint density at radius 1 is 1.05 bits per heavy atom. The number of carbonyl (C=O) groups excluding carboxylic acids is 1. The molecule has 4 aromatic heterocycles. The van der Waals surface area contributed by atoms with Crippen LogP contribution < -0.4 is 20.3 Å². The molecule has 1 saturated carbocycles. The van der Waals surface area contributed by atoms with E-state index in [2.05, 4.69) is 25.5 Å². The highest BCUT2D eigenvalue weighted by atomic mass is 32.1. The van der Waals surface area contributed by atoms with Crippen molar-refractivity contribution in [3.8, 4) is 17.3 Å². The zero-order valence-electron chi connectivity index (χ0n) is 24.3. The summed E-state index contributed by atoms with van der Waals surface area (Å²) in [7, 11) is 0. The summed E-state index contributed by atoms with van der Waals surface area (Å²) in [5.41, 5.74) is 2.89. The quantitative estimate of drug-likeness (QED) is 0.322. The molecule has 1 aliphatic carbocycles. The predicted molar refractivity (Wildman–Crippen MR) is 164 cm³/mol. The predicted octanol–water partition coefficient (Wildman–Crippen LogP) is 4.46. The molecule has 0 aromatic carbocycles. The number of rotatable bonds is 6. The van der Waals surface area contributed by atoms with Gasteiger partial charge in [-0.1, -0.05) is 17.8 Å². The molecule has 3 aliphatic rings. The van der Waals surface area contributed by atoms with Crippen LogP contribution in [-0.4, -0.2) is 84.6 Å². The van der Waals surface area contributed by atoms with Gasteiger partial charge in [-0.3, -0.25) is 9.78 Å². The van der Waals surface area contributed by atoms with Gasteiger partial charge in [0, 0.05) is 43.6 Å². The van der Waals surface area contributed by atoms with Gasteiger partial charge < -0.3 is 34.2 Å². The second kappa shape index (κ2) is 14.2. The molecular formula is C30H37N7O5S. The summed E-state index contributed by atoms with van der Waals surface area (Å²) in [6, 6.07) is 5.55. The van der Waals surface area contributed by atoms with E-state index in [9.17, 15) is 4.79 Å². The van der Waals surface area contributed by atoms with Crippen LogP contribution in [0.25, 0.3) is 21.8 Å². The van der Waals surface area contributed by atoms with Crippen molar-refractivity contribution < 1.29 is 23.4 Å². The molecule has 7 rings (SSSR count). The van der Waals surface area contributed by atoms with Crippen LogP contribution >= 0.6 is 11.3 Å². The van der Waals surface area contributed by atoms with E-state index in [1.165, 1.54) is 12.7 Å². The van der Waals surface area contributed by atoms with Crippen LogP contribution in [0.15, 0.2) is 35.1 Å². The Bertz CT molecular complexity index is 1500. The Morgan fingerprint density at radius 2 is 1.84 bits per heavy atom. The Kier molecular flexibility index (Phi) is 9.73. The topological polar surface area (TPSA) is 137 Å². The van der Waals surface area contributed by atoms with Gasteiger partial charge in [0.05, 0.1) is 31.1 Å². The molecular weight excluding hydrogens is 570 g/mol. The van der Waals surface area contributed by atoms with Crippen LogP contribution in [0.1, 0.15) is 48.3 Å². The maximum absolute atomic E-state index is 13.2. The maximum atomic E-state index is 13.2. The summed E-state index contributed by atoms with van der Waals surface area (Å²) in [6.45, 7) is 8.67. The number of hydrogen-bond donors (Lipinski definition) is 2. The highest BCUT2D eigenvalue weighted by Gasteiger charge is 2.23. The number of hydrogen-bond acceptors (Lipinski definition) is 12. The summed E-state index contributed by atoms with van der Waals surface area (Å²) in [4.78, 5) is 33.5. The fraction of sp³-hybridized carbons (Fsp3) is 0.500.